The molecule has 0 fully saturated rings. The SMILES string of the molecule is S=C(NCc1ccc2c(c1)OCCO2)Nc1nc(Cl)cc(N2CCc3ccccc3C2)n1. The number of hydrogen-bond donors (Lipinski definition) is 2. The third-order valence-corrected chi connectivity index (χ3v) is 5.86. The molecule has 164 valence electrons. The molecular weight excluding hydrogens is 446 g/mol. The minimum absolute atomic E-state index is 0.367. The molecule has 0 bridgehead atoms. The number of fused-ring (bicyclic) bond motifs is 2. The van der Waals surface area contributed by atoms with Crippen LogP contribution in [-0.2, 0) is 19.5 Å². The Morgan fingerprint density at radius 1 is 1.03 bits per heavy atom. The number of ether oxygens (including phenoxy) is 2. The monoisotopic (exact) mass is 467 g/mol. The maximum atomic E-state index is 6.29. The Morgan fingerprint density at radius 2 is 1.84 bits per heavy atom. The van der Waals surface area contributed by atoms with Crippen molar-refractivity contribution >= 4 is 40.7 Å². The number of nitrogens with one attached hydrogen (secondary N) is 2. The predicted octanol–water partition coefficient (Wildman–Crippen LogP) is 3.95. The molecule has 0 unspecified atom stereocenters. The molecule has 1 aromatic heterocycles. The van der Waals surface area contributed by atoms with E-state index >= 15 is 0 Å². The maximum Gasteiger partial charge on any atom is 0.232 e. The number of halogens is 1. The molecule has 3 heterocycles. The number of hydrogen-bond acceptors (Lipinski definition) is 6. The third-order valence-electron chi connectivity index (χ3n) is 5.42. The molecule has 0 saturated heterocycles. The van der Waals surface area contributed by atoms with E-state index in [4.69, 9.17) is 33.3 Å². The zero-order chi connectivity index (χ0) is 21.9. The highest BCUT2D eigenvalue weighted by molar-refractivity contribution is 7.80. The van der Waals surface area contributed by atoms with Crippen LogP contribution in [0.4, 0.5) is 11.8 Å². The quantitative estimate of drug-likeness (QED) is 0.441. The van der Waals surface area contributed by atoms with Gasteiger partial charge in [-0.05, 0) is 47.5 Å². The van der Waals surface area contributed by atoms with Crippen molar-refractivity contribution in [2.75, 3.05) is 30.0 Å². The van der Waals surface area contributed by atoms with Gasteiger partial charge >= 0.3 is 0 Å². The minimum Gasteiger partial charge on any atom is -0.486 e. The average molecular weight is 468 g/mol. The van der Waals surface area contributed by atoms with E-state index in [0.717, 1.165) is 42.4 Å². The van der Waals surface area contributed by atoms with E-state index in [9.17, 15) is 0 Å². The van der Waals surface area contributed by atoms with Gasteiger partial charge in [-0.1, -0.05) is 41.9 Å². The van der Waals surface area contributed by atoms with Gasteiger partial charge in [-0.15, -0.1) is 0 Å². The van der Waals surface area contributed by atoms with Gasteiger partial charge in [0.05, 0.1) is 0 Å². The summed E-state index contributed by atoms with van der Waals surface area (Å²) in [6, 6.07) is 16.1. The van der Waals surface area contributed by atoms with E-state index < -0.39 is 0 Å². The Bertz CT molecular complexity index is 1160. The molecule has 2 aliphatic heterocycles. The van der Waals surface area contributed by atoms with Gasteiger partial charge in [0, 0.05) is 25.7 Å². The first-order valence-electron chi connectivity index (χ1n) is 10.4. The molecule has 0 spiro atoms. The van der Waals surface area contributed by atoms with Crippen LogP contribution in [-0.4, -0.2) is 34.8 Å². The van der Waals surface area contributed by atoms with Crippen molar-refractivity contribution in [1.29, 1.82) is 0 Å². The largest absolute Gasteiger partial charge is 0.486 e. The summed E-state index contributed by atoms with van der Waals surface area (Å²) in [5.41, 5.74) is 3.71. The fraction of sp³-hybridized carbons (Fsp3) is 0.261. The Labute approximate surface area is 196 Å². The van der Waals surface area contributed by atoms with Gasteiger partial charge in [-0.25, -0.2) is 4.98 Å². The van der Waals surface area contributed by atoms with E-state index in [-0.39, 0.29) is 0 Å². The lowest BCUT2D eigenvalue weighted by molar-refractivity contribution is 0.171. The van der Waals surface area contributed by atoms with Gasteiger partial charge in [-0.2, -0.15) is 4.98 Å². The minimum atomic E-state index is 0.367. The van der Waals surface area contributed by atoms with E-state index in [2.05, 4.69) is 49.8 Å². The summed E-state index contributed by atoms with van der Waals surface area (Å²) in [4.78, 5) is 11.1. The number of thiocarbonyl (C=S) groups is 1. The van der Waals surface area contributed by atoms with Gasteiger partial charge in [0.25, 0.3) is 0 Å². The van der Waals surface area contributed by atoms with Gasteiger partial charge in [0.2, 0.25) is 5.95 Å². The van der Waals surface area contributed by atoms with Gasteiger partial charge in [0.1, 0.15) is 24.2 Å². The van der Waals surface area contributed by atoms with Gasteiger partial charge < -0.3 is 25.0 Å². The molecule has 32 heavy (non-hydrogen) atoms. The molecule has 5 rings (SSSR count). The lowest BCUT2D eigenvalue weighted by atomic mass is 10.00. The Kier molecular flexibility index (Phi) is 5.96. The molecule has 0 radical (unpaired) electrons. The standard InChI is InChI=1S/C23H22ClN5O2S/c24-20-12-21(29-8-7-16-3-1-2-4-17(16)14-29)27-22(26-20)28-23(32)25-13-15-5-6-18-19(11-15)31-10-9-30-18/h1-6,11-12H,7-10,13-14H2,(H2,25,26,27,28,32). The zero-order valence-electron chi connectivity index (χ0n) is 17.3. The van der Waals surface area contributed by atoms with Crippen LogP contribution in [0.25, 0.3) is 0 Å². The topological polar surface area (TPSA) is 71.5 Å². The van der Waals surface area contributed by atoms with Crippen LogP contribution < -0.4 is 25.0 Å². The summed E-state index contributed by atoms with van der Waals surface area (Å²) in [7, 11) is 0. The fourth-order valence-corrected chi connectivity index (χ4v) is 4.18. The number of nitrogens with zero attached hydrogens (tertiary/aromatic N) is 3. The highest BCUT2D eigenvalue weighted by atomic mass is 35.5. The summed E-state index contributed by atoms with van der Waals surface area (Å²) in [5.74, 6) is 2.66. The lowest BCUT2D eigenvalue weighted by Crippen LogP contribution is -2.32. The van der Waals surface area contributed by atoms with Crippen molar-refractivity contribution in [2.24, 2.45) is 0 Å². The first-order valence-corrected chi connectivity index (χ1v) is 11.2. The molecule has 0 amide bonds. The van der Waals surface area contributed by atoms with Crippen LogP contribution in [0.15, 0.2) is 48.5 Å². The van der Waals surface area contributed by atoms with Crippen molar-refractivity contribution in [3.8, 4) is 11.5 Å². The predicted molar refractivity (Wildman–Crippen MR) is 129 cm³/mol. The fourth-order valence-electron chi connectivity index (χ4n) is 3.84. The van der Waals surface area contributed by atoms with Crippen LogP contribution >= 0.6 is 23.8 Å². The molecule has 0 atom stereocenters. The van der Waals surface area contributed by atoms with E-state index in [1.165, 1.54) is 11.1 Å². The molecule has 2 aromatic carbocycles. The molecule has 0 aliphatic carbocycles. The van der Waals surface area contributed by atoms with Gasteiger partial charge in [0.15, 0.2) is 16.6 Å². The molecule has 2 N–H and O–H groups in total. The first-order chi connectivity index (χ1) is 15.6. The van der Waals surface area contributed by atoms with Crippen LogP contribution in [0.3, 0.4) is 0 Å². The second-order valence-corrected chi connectivity index (χ2v) is 8.39. The number of anilines is 2. The number of aromatic nitrogens is 2. The number of rotatable bonds is 4. The summed E-state index contributed by atoms with van der Waals surface area (Å²) in [6.07, 6.45) is 0.968. The van der Waals surface area contributed by atoms with Crippen molar-refractivity contribution in [2.45, 2.75) is 19.5 Å². The van der Waals surface area contributed by atoms with Crippen molar-refractivity contribution in [3.05, 3.63) is 70.4 Å². The second-order valence-electron chi connectivity index (χ2n) is 7.60. The first kappa shape index (κ1) is 20.8. The summed E-state index contributed by atoms with van der Waals surface area (Å²) in [6.45, 7) is 3.32. The molecule has 3 aromatic rings. The zero-order valence-corrected chi connectivity index (χ0v) is 18.9. The Morgan fingerprint density at radius 3 is 2.72 bits per heavy atom. The maximum absolute atomic E-state index is 6.29. The van der Waals surface area contributed by atoms with Crippen LogP contribution in [0.2, 0.25) is 5.15 Å². The van der Waals surface area contributed by atoms with E-state index in [1.54, 1.807) is 6.07 Å². The normalized spacial score (nSPS) is 14.5. The Balaban J connectivity index is 1.23. The third kappa shape index (κ3) is 4.71. The molecular formula is C23H22ClN5O2S. The molecule has 2 aliphatic rings. The smallest absolute Gasteiger partial charge is 0.232 e. The van der Waals surface area contributed by atoms with Crippen molar-refractivity contribution < 1.29 is 9.47 Å². The van der Waals surface area contributed by atoms with Crippen molar-refractivity contribution in [3.63, 3.8) is 0 Å². The summed E-state index contributed by atoms with van der Waals surface area (Å²) < 4.78 is 11.2. The van der Waals surface area contributed by atoms with E-state index in [0.29, 0.717) is 36.0 Å². The van der Waals surface area contributed by atoms with E-state index in [1.807, 2.05) is 18.2 Å². The van der Waals surface area contributed by atoms with Crippen LogP contribution in [0.1, 0.15) is 16.7 Å². The lowest BCUT2D eigenvalue weighted by Gasteiger charge is -2.30. The highest BCUT2D eigenvalue weighted by Crippen LogP contribution is 2.30. The average Bonchev–Trinajstić information content (AvgIpc) is 2.82. The van der Waals surface area contributed by atoms with Crippen LogP contribution in [0, 0.1) is 0 Å². The molecule has 9 heteroatoms. The van der Waals surface area contributed by atoms with Gasteiger partial charge in [-0.3, -0.25) is 0 Å². The Hall–Kier alpha value is -3.10. The van der Waals surface area contributed by atoms with Crippen LogP contribution in [0.5, 0.6) is 11.5 Å². The molecule has 0 saturated carbocycles. The summed E-state index contributed by atoms with van der Waals surface area (Å²) >= 11 is 11.7. The highest BCUT2D eigenvalue weighted by Gasteiger charge is 2.19. The molecule has 7 nitrogen and oxygen atoms in total. The number of benzene rings is 2. The van der Waals surface area contributed by atoms with Crippen molar-refractivity contribution in [1.82, 2.24) is 15.3 Å². The summed E-state index contributed by atoms with van der Waals surface area (Å²) in [5, 5.41) is 7.00. The second kappa shape index (κ2) is 9.18.